The summed E-state index contributed by atoms with van der Waals surface area (Å²) in [6.45, 7) is 1.89. The van der Waals surface area contributed by atoms with E-state index in [9.17, 15) is 0 Å². The molecule has 0 aliphatic heterocycles. The Bertz CT molecular complexity index is 372. The van der Waals surface area contributed by atoms with Crippen LogP contribution in [0, 0.1) is 5.92 Å². The Labute approximate surface area is 143 Å². The van der Waals surface area contributed by atoms with Gasteiger partial charge in [0.1, 0.15) is 0 Å². The lowest BCUT2D eigenvalue weighted by Crippen LogP contribution is -2.37. The van der Waals surface area contributed by atoms with Gasteiger partial charge in [0.25, 0.3) is 0 Å². The normalized spacial score (nSPS) is 15.9. The molecule has 1 aliphatic carbocycles. The van der Waals surface area contributed by atoms with E-state index in [4.69, 9.17) is 0 Å². The number of hydrogen-bond donors (Lipinski definition) is 2. The van der Waals surface area contributed by atoms with Gasteiger partial charge < -0.3 is 10.6 Å². The summed E-state index contributed by atoms with van der Waals surface area (Å²) in [6, 6.07) is 4.23. The fourth-order valence-corrected chi connectivity index (χ4v) is 3.35. The molecular formula is C15H26IN3S. The van der Waals surface area contributed by atoms with Crippen LogP contribution >= 0.6 is 35.3 Å². The molecule has 5 heteroatoms. The third-order valence-corrected chi connectivity index (χ3v) is 4.67. The van der Waals surface area contributed by atoms with Gasteiger partial charge in [0, 0.05) is 18.5 Å². The molecule has 1 aromatic heterocycles. The molecule has 0 radical (unpaired) electrons. The van der Waals surface area contributed by atoms with Gasteiger partial charge in [-0.1, -0.05) is 31.7 Å². The van der Waals surface area contributed by atoms with E-state index in [-0.39, 0.29) is 24.0 Å². The van der Waals surface area contributed by atoms with Crippen molar-refractivity contribution < 1.29 is 0 Å². The molecule has 114 valence electrons. The van der Waals surface area contributed by atoms with E-state index in [1.54, 1.807) is 11.3 Å². The Hall–Kier alpha value is -0.300. The average molecular weight is 407 g/mol. The third kappa shape index (κ3) is 6.43. The Kier molecular flexibility index (Phi) is 9.26. The van der Waals surface area contributed by atoms with Gasteiger partial charge in [-0.2, -0.15) is 0 Å². The van der Waals surface area contributed by atoms with Crippen LogP contribution in [0.1, 0.15) is 43.4 Å². The fourth-order valence-electron chi connectivity index (χ4n) is 2.70. The molecule has 0 spiro atoms. The summed E-state index contributed by atoms with van der Waals surface area (Å²) in [5.41, 5.74) is 0. The molecule has 0 aromatic carbocycles. The molecule has 0 unspecified atom stereocenters. The SMILES string of the molecule is CN=C(NCCCC1CCCC1)NCc1cccs1.I. The smallest absolute Gasteiger partial charge is 0.191 e. The van der Waals surface area contributed by atoms with E-state index < -0.39 is 0 Å². The highest BCUT2D eigenvalue weighted by Gasteiger charge is 2.13. The second-order valence-electron chi connectivity index (χ2n) is 5.22. The van der Waals surface area contributed by atoms with E-state index in [1.807, 2.05) is 7.05 Å². The second-order valence-corrected chi connectivity index (χ2v) is 6.26. The number of aliphatic imine (C=N–C) groups is 1. The van der Waals surface area contributed by atoms with Crippen molar-refractivity contribution in [3.8, 4) is 0 Å². The molecule has 0 atom stereocenters. The molecular weight excluding hydrogens is 381 g/mol. The van der Waals surface area contributed by atoms with Crippen LogP contribution < -0.4 is 10.6 Å². The standard InChI is InChI=1S/C15H25N3S.HI/c1-16-15(18-12-14-9-5-11-19-14)17-10-4-8-13-6-2-3-7-13;/h5,9,11,13H,2-4,6-8,10,12H2,1H3,(H2,16,17,18);1H. The molecule has 1 aliphatic rings. The molecule has 2 rings (SSSR count). The van der Waals surface area contributed by atoms with Crippen LogP contribution in [-0.4, -0.2) is 19.6 Å². The number of hydrogen-bond acceptors (Lipinski definition) is 2. The monoisotopic (exact) mass is 407 g/mol. The maximum atomic E-state index is 4.26. The van der Waals surface area contributed by atoms with Gasteiger partial charge in [-0.05, 0) is 30.2 Å². The first kappa shape index (κ1) is 17.8. The molecule has 0 amide bonds. The Morgan fingerprint density at radius 1 is 1.35 bits per heavy atom. The quantitative estimate of drug-likeness (QED) is 0.324. The highest BCUT2D eigenvalue weighted by atomic mass is 127. The van der Waals surface area contributed by atoms with Crippen molar-refractivity contribution in [3.05, 3.63) is 22.4 Å². The number of thiophene rings is 1. The van der Waals surface area contributed by atoms with Gasteiger partial charge in [0.05, 0.1) is 6.54 Å². The van der Waals surface area contributed by atoms with Crippen molar-refractivity contribution >= 4 is 41.3 Å². The third-order valence-electron chi connectivity index (χ3n) is 3.79. The average Bonchev–Trinajstić information content (AvgIpc) is 3.11. The number of rotatable bonds is 6. The largest absolute Gasteiger partial charge is 0.356 e. The minimum absolute atomic E-state index is 0. The summed E-state index contributed by atoms with van der Waals surface area (Å²) in [7, 11) is 1.83. The fraction of sp³-hybridized carbons (Fsp3) is 0.667. The molecule has 3 nitrogen and oxygen atoms in total. The predicted molar refractivity (Wildman–Crippen MR) is 99.1 cm³/mol. The predicted octanol–water partition coefficient (Wildman–Crippen LogP) is 4.00. The Balaban J connectivity index is 0.00000200. The summed E-state index contributed by atoms with van der Waals surface area (Å²) in [5, 5.41) is 8.85. The summed E-state index contributed by atoms with van der Waals surface area (Å²) in [6.07, 6.45) is 8.42. The molecule has 1 fully saturated rings. The molecule has 1 aromatic rings. The maximum absolute atomic E-state index is 4.26. The minimum Gasteiger partial charge on any atom is -0.356 e. The molecule has 0 saturated heterocycles. The van der Waals surface area contributed by atoms with Crippen LogP contribution in [0.2, 0.25) is 0 Å². The first-order valence-electron chi connectivity index (χ1n) is 7.35. The Morgan fingerprint density at radius 3 is 2.80 bits per heavy atom. The zero-order valence-electron chi connectivity index (χ0n) is 12.2. The lowest BCUT2D eigenvalue weighted by molar-refractivity contribution is 0.481. The van der Waals surface area contributed by atoms with E-state index in [1.165, 1.54) is 43.4 Å². The van der Waals surface area contributed by atoms with Gasteiger partial charge in [0.15, 0.2) is 5.96 Å². The lowest BCUT2D eigenvalue weighted by Gasteiger charge is -2.12. The van der Waals surface area contributed by atoms with Crippen molar-refractivity contribution in [2.75, 3.05) is 13.6 Å². The van der Waals surface area contributed by atoms with Gasteiger partial charge in [-0.25, -0.2) is 0 Å². The van der Waals surface area contributed by atoms with Crippen molar-refractivity contribution in [1.29, 1.82) is 0 Å². The van der Waals surface area contributed by atoms with Crippen molar-refractivity contribution in [1.82, 2.24) is 10.6 Å². The first-order chi connectivity index (χ1) is 9.38. The summed E-state index contributed by atoms with van der Waals surface area (Å²) in [4.78, 5) is 5.60. The van der Waals surface area contributed by atoms with Crippen molar-refractivity contribution in [2.24, 2.45) is 10.9 Å². The van der Waals surface area contributed by atoms with E-state index >= 15 is 0 Å². The minimum atomic E-state index is 0. The van der Waals surface area contributed by atoms with Gasteiger partial charge in [-0.15, -0.1) is 35.3 Å². The molecule has 2 N–H and O–H groups in total. The van der Waals surface area contributed by atoms with Gasteiger partial charge >= 0.3 is 0 Å². The zero-order chi connectivity index (χ0) is 13.3. The summed E-state index contributed by atoms with van der Waals surface area (Å²) in [5.74, 6) is 1.91. The number of guanidine groups is 1. The number of nitrogens with zero attached hydrogens (tertiary/aromatic N) is 1. The van der Waals surface area contributed by atoms with E-state index in [0.717, 1.165) is 25.0 Å². The highest BCUT2D eigenvalue weighted by molar-refractivity contribution is 14.0. The van der Waals surface area contributed by atoms with Crippen LogP contribution in [0.5, 0.6) is 0 Å². The van der Waals surface area contributed by atoms with Crippen LogP contribution in [0.4, 0.5) is 0 Å². The zero-order valence-corrected chi connectivity index (χ0v) is 15.4. The van der Waals surface area contributed by atoms with Crippen LogP contribution in [0.3, 0.4) is 0 Å². The Morgan fingerprint density at radius 2 is 2.15 bits per heavy atom. The van der Waals surface area contributed by atoms with Crippen molar-refractivity contribution in [3.63, 3.8) is 0 Å². The highest BCUT2D eigenvalue weighted by Crippen LogP contribution is 2.28. The number of halogens is 1. The summed E-state index contributed by atoms with van der Waals surface area (Å²) >= 11 is 1.78. The molecule has 20 heavy (non-hydrogen) atoms. The molecule has 1 heterocycles. The van der Waals surface area contributed by atoms with E-state index in [2.05, 4.69) is 33.1 Å². The van der Waals surface area contributed by atoms with Crippen LogP contribution in [-0.2, 0) is 6.54 Å². The van der Waals surface area contributed by atoms with Gasteiger partial charge in [0.2, 0.25) is 0 Å². The van der Waals surface area contributed by atoms with Crippen molar-refractivity contribution in [2.45, 2.75) is 45.1 Å². The topological polar surface area (TPSA) is 36.4 Å². The lowest BCUT2D eigenvalue weighted by atomic mass is 10.0. The molecule has 1 saturated carbocycles. The van der Waals surface area contributed by atoms with Crippen LogP contribution in [0.25, 0.3) is 0 Å². The second kappa shape index (κ2) is 10.4. The maximum Gasteiger partial charge on any atom is 0.191 e. The number of nitrogens with one attached hydrogen (secondary N) is 2. The van der Waals surface area contributed by atoms with E-state index in [0.29, 0.717) is 0 Å². The van der Waals surface area contributed by atoms with Gasteiger partial charge in [-0.3, -0.25) is 4.99 Å². The summed E-state index contributed by atoms with van der Waals surface area (Å²) < 4.78 is 0. The van der Waals surface area contributed by atoms with Crippen LogP contribution in [0.15, 0.2) is 22.5 Å². The molecule has 0 bridgehead atoms. The first-order valence-corrected chi connectivity index (χ1v) is 8.23.